The van der Waals surface area contributed by atoms with Crippen LogP contribution in [0.3, 0.4) is 0 Å². The second kappa shape index (κ2) is 11.7. The summed E-state index contributed by atoms with van der Waals surface area (Å²) in [7, 11) is 0. The van der Waals surface area contributed by atoms with Crippen molar-refractivity contribution in [3.63, 3.8) is 0 Å². The number of hydrogen-bond acceptors (Lipinski definition) is 6. The van der Waals surface area contributed by atoms with Gasteiger partial charge in [-0.1, -0.05) is 42.3 Å². The van der Waals surface area contributed by atoms with Gasteiger partial charge in [0.15, 0.2) is 5.82 Å². The van der Waals surface area contributed by atoms with Gasteiger partial charge >= 0.3 is 0 Å². The minimum absolute atomic E-state index is 0.111. The molecular weight excluding hydrogens is 418 g/mol. The van der Waals surface area contributed by atoms with Gasteiger partial charge in [0.25, 0.3) is 0 Å². The van der Waals surface area contributed by atoms with E-state index in [1.807, 2.05) is 12.1 Å². The molecule has 6 nitrogen and oxygen atoms in total. The van der Waals surface area contributed by atoms with E-state index in [4.69, 9.17) is 0 Å². The summed E-state index contributed by atoms with van der Waals surface area (Å²) in [5.41, 5.74) is 1.25. The van der Waals surface area contributed by atoms with Crippen LogP contribution in [0.25, 0.3) is 0 Å². The molecule has 1 N–H and O–H groups in total. The lowest BCUT2D eigenvalue weighted by molar-refractivity contribution is -0.125. The maximum Gasteiger partial charge on any atom is 0.223 e. The smallest absolute Gasteiger partial charge is 0.223 e. The number of hydrogen-bond donors (Lipinski definition) is 1. The monoisotopic (exact) mass is 453 g/mol. The van der Waals surface area contributed by atoms with Crippen molar-refractivity contribution in [2.45, 2.75) is 55.4 Å². The highest BCUT2D eigenvalue weighted by atomic mass is 32.2. The quantitative estimate of drug-likeness (QED) is 0.680. The molecule has 172 valence electrons. The van der Waals surface area contributed by atoms with E-state index in [-0.39, 0.29) is 11.8 Å². The molecule has 2 aliphatic rings. The normalized spacial score (nSPS) is 18.3. The molecule has 2 saturated heterocycles. The third-order valence-electron chi connectivity index (χ3n) is 6.49. The van der Waals surface area contributed by atoms with Crippen molar-refractivity contribution >= 4 is 23.5 Å². The summed E-state index contributed by atoms with van der Waals surface area (Å²) in [4.78, 5) is 18.5. The Morgan fingerprint density at radius 1 is 0.969 bits per heavy atom. The minimum Gasteiger partial charge on any atom is -0.355 e. The van der Waals surface area contributed by atoms with Gasteiger partial charge in [-0.3, -0.25) is 4.79 Å². The lowest BCUT2D eigenvalue weighted by atomic mass is 9.96. The average molecular weight is 454 g/mol. The summed E-state index contributed by atoms with van der Waals surface area (Å²) in [6.45, 7) is 7.90. The third kappa shape index (κ3) is 6.69. The van der Waals surface area contributed by atoms with Crippen molar-refractivity contribution in [2.24, 2.45) is 5.92 Å². The van der Waals surface area contributed by atoms with Gasteiger partial charge in [0.1, 0.15) is 5.03 Å². The Balaban J connectivity index is 1.19. The van der Waals surface area contributed by atoms with Crippen LogP contribution in [-0.4, -0.2) is 60.3 Å². The first-order valence-electron chi connectivity index (χ1n) is 12.0. The molecule has 3 heterocycles. The van der Waals surface area contributed by atoms with Crippen LogP contribution < -0.4 is 10.2 Å². The molecule has 0 radical (unpaired) electrons. The van der Waals surface area contributed by atoms with E-state index >= 15 is 0 Å². The van der Waals surface area contributed by atoms with Gasteiger partial charge < -0.3 is 15.1 Å². The van der Waals surface area contributed by atoms with E-state index in [2.05, 4.69) is 56.5 Å². The van der Waals surface area contributed by atoms with Crippen LogP contribution >= 0.6 is 11.8 Å². The first kappa shape index (κ1) is 23.1. The SMILES string of the molecule is Cc1ccc(Sc2ccc(N3CCC(C(=O)NCCN4CCCCCC4)CC3)nn2)cc1. The zero-order chi connectivity index (χ0) is 22.2. The molecule has 0 bridgehead atoms. The Labute approximate surface area is 196 Å². The van der Waals surface area contributed by atoms with Crippen molar-refractivity contribution in [3.05, 3.63) is 42.0 Å². The number of nitrogens with one attached hydrogen (secondary N) is 1. The molecule has 0 spiro atoms. The number of benzene rings is 1. The maximum absolute atomic E-state index is 12.6. The highest BCUT2D eigenvalue weighted by Crippen LogP contribution is 2.27. The number of likely N-dealkylation sites (tertiary alicyclic amines) is 1. The van der Waals surface area contributed by atoms with Crippen LogP contribution in [0.5, 0.6) is 0 Å². The zero-order valence-corrected chi connectivity index (χ0v) is 19.9. The first-order valence-corrected chi connectivity index (χ1v) is 12.8. The Morgan fingerprint density at radius 2 is 1.69 bits per heavy atom. The predicted octanol–water partition coefficient (Wildman–Crippen LogP) is 4.14. The maximum atomic E-state index is 12.6. The van der Waals surface area contributed by atoms with Crippen molar-refractivity contribution in [2.75, 3.05) is 44.2 Å². The topological polar surface area (TPSA) is 61.4 Å². The molecule has 0 saturated carbocycles. The predicted molar refractivity (Wildman–Crippen MR) is 130 cm³/mol. The van der Waals surface area contributed by atoms with Crippen LogP contribution in [-0.2, 0) is 4.79 Å². The number of nitrogens with zero attached hydrogens (tertiary/aromatic N) is 4. The van der Waals surface area contributed by atoms with Crippen LogP contribution in [0.4, 0.5) is 5.82 Å². The van der Waals surface area contributed by atoms with Crippen molar-refractivity contribution in [3.8, 4) is 0 Å². The van der Waals surface area contributed by atoms with E-state index in [1.54, 1.807) is 11.8 Å². The van der Waals surface area contributed by atoms with E-state index in [0.29, 0.717) is 0 Å². The summed E-state index contributed by atoms with van der Waals surface area (Å²) in [6.07, 6.45) is 7.02. The average Bonchev–Trinajstić information content (AvgIpc) is 3.10. The number of anilines is 1. The summed E-state index contributed by atoms with van der Waals surface area (Å²) in [5, 5.41) is 12.9. The number of amides is 1. The molecule has 0 aliphatic carbocycles. The Morgan fingerprint density at radius 3 is 2.34 bits per heavy atom. The van der Waals surface area contributed by atoms with Crippen molar-refractivity contribution < 1.29 is 4.79 Å². The molecule has 2 fully saturated rings. The second-order valence-electron chi connectivity index (χ2n) is 8.95. The van der Waals surface area contributed by atoms with Crippen LogP contribution in [0.1, 0.15) is 44.1 Å². The Bertz CT molecular complexity index is 842. The molecule has 1 amide bonds. The van der Waals surface area contributed by atoms with E-state index in [1.165, 1.54) is 49.2 Å². The van der Waals surface area contributed by atoms with E-state index in [0.717, 1.165) is 49.9 Å². The number of carbonyl (C=O) groups excluding carboxylic acids is 1. The molecule has 1 aromatic carbocycles. The van der Waals surface area contributed by atoms with Gasteiger partial charge in [-0.25, -0.2) is 0 Å². The molecule has 32 heavy (non-hydrogen) atoms. The summed E-state index contributed by atoms with van der Waals surface area (Å²) in [5.74, 6) is 1.23. The minimum atomic E-state index is 0.111. The van der Waals surface area contributed by atoms with Gasteiger partial charge in [-0.05, 0) is 70.0 Å². The molecule has 0 atom stereocenters. The number of rotatable bonds is 7. The molecule has 0 unspecified atom stereocenters. The van der Waals surface area contributed by atoms with Gasteiger partial charge in [-0.2, -0.15) is 0 Å². The fourth-order valence-electron chi connectivity index (χ4n) is 4.48. The summed E-state index contributed by atoms with van der Waals surface area (Å²) in [6, 6.07) is 12.5. The van der Waals surface area contributed by atoms with Gasteiger partial charge in [-0.15, -0.1) is 10.2 Å². The van der Waals surface area contributed by atoms with Crippen LogP contribution in [0, 0.1) is 12.8 Å². The lowest BCUT2D eigenvalue weighted by Gasteiger charge is -2.32. The Hall–Kier alpha value is -2.12. The molecule has 2 aromatic rings. The Kier molecular flexibility index (Phi) is 8.40. The van der Waals surface area contributed by atoms with Crippen LogP contribution in [0.2, 0.25) is 0 Å². The highest BCUT2D eigenvalue weighted by Gasteiger charge is 2.25. The summed E-state index contributed by atoms with van der Waals surface area (Å²) < 4.78 is 0. The van der Waals surface area contributed by atoms with E-state index < -0.39 is 0 Å². The molecular formula is C25H35N5OS. The standard InChI is InChI=1S/C25H35N5OS/c1-20-6-8-22(9-7-20)32-24-11-10-23(27-28-24)30-17-12-21(13-18-30)25(31)26-14-19-29-15-4-2-3-5-16-29/h6-11,21H,2-5,12-19H2,1H3,(H,26,31). The fourth-order valence-corrected chi connectivity index (χ4v) is 5.21. The van der Waals surface area contributed by atoms with Gasteiger partial charge in [0.05, 0.1) is 0 Å². The number of piperidine rings is 1. The van der Waals surface area contributed by atoms with Crippen molar-refractivity contribution in [1.82, 2.24) is 20.4 Å². The highest BCUT2D eigenvalue weighted by molar-refractivity contribution is 7.99. The molecule has 7 heteroatoms. The summed E-state index contributed by atoms with van der Waals surface area (Å²) >= 11 is 1.63. The van der Waals surface area contributed by atoms with Gasteiger partial charge in [0.2, 0.25) is 5.91 Å². The molecule has 4 rings (SSSR count). The fraction of sp³-hybridized carbons (Fsp3) is 0.560. The zero-order valence-electron chi connectivity index (χ0n) is 19.1. The molecule has 2 aliphatic heterocycles. The third-order valence-corrected chi connectivity index (χ3v) is 7.42. The largest absolute Gasteiger partial charge is 0.355 e. The van der Waals surface area contributed by atoms with Crippen LogP contribution in [0.15, 0.2) is 46.3 Å². The van der Waals surface area contributed by atoms with Gasteiger partial charge in [0, 0.05) is 37.0 Å². The van der Waals surface area contributed by atoms with Crippen molar-refractivity contribution in [1.29, 1.82) is 0 Å². The molecule has 1 aromatic heterocycles. The lowest BCUT2D eigenvalue weighted by Crippen LogP contribution is -2.43. The number of aromatic nitrogens is 2. The number of carbonyl (C=O) groups is 1. The van der Waals surface area contributed by atoms with E-state index in [9.17, 15) is 4.79 Å². The second-order valence-corrected chi connectivity index (χ2v) is 10.0. The first-order chi connectivity index (χ1) is 15.7. The number of aryl methyl sites for hydroxylation is 1.